The minimum absolute atomic E-state index is 0.0758. The summed E-state index contributed by atoms with van der Waals surface area (Å²) in [6.07, 6.45) is 0.868. The van der Waals surface area contributed by atoms with Crippen molar-refractivity contribution < 1.29 is 19.3 Å². The second-order valence-corrected chi connectivity index (χ2v) is 8.86. The van der Waals surface area contributed by atoms with Gasteiger partial charge in [-0.05, 0) is 53.4 Å². The third kappa shape index (κ3) is 6.01. The zero-order chi connectivity index (χ0) is 22.4. The third-order valence-corrected chi connectivity index (χ3v) is 6.62. The van der Waals surface area contributed by atoms with Gasteiger partial charge in [-0.2, -0.15) is 0 Å². The molecule has 3 unspecified atom stereocenters. The molecule has 1 aromatic heterocycles. The minimum atomic E-state index is -0.453. The van der Waals surface area contributed by atoms with Crippen LogP contribution < -0.4 is 0 Å². The first kappa shape index (κ1) is 23.6. The molecular formula is C26H31FO3S. The molecule has 0 saturated carbocycles. The predicted molar refractivity (Wildman–Crippen MR) is 125 cm³/mol. The molecule has 1 aliphatic rings. The molecule has 0 radical (unpaired) electrons. The Hall–Kier alpha value is -2.05. The van der Waals surface area contributed by atoms with Crippen molar-refractivity contribution in [3.8, 4) is 10.4 Å². The fraction of sp³-hybridized carbons (Fsp3) is 0.385. The largest absolute Gasteiger partial charge is 0.394 e. The van der Waals surface area contributed by atoms with Crippen molar-refractivity contribution >= 4 is 11.3 Å². The monoisotopic (exact) mass is 442 g/mol. The van der Waals surface area contributed by atoms with Crippen LogP contribution in [0.15, 0.2) is 54.6 Å². The summed E-state index contributed by atoms with van der Waals surface area (Å²) < 4.78 is 19.1. The first-order valence-electron chi connectivity index (χ1n) is 10.9. The Morgan fingerprint density at radius 1 is 1.03 bits per heavy atom. The van der Waals surface area contributed by atoms with Gasteiger partial charge in [0, 0.05) is 29.0 Å². The van der Waals surface area contributed by atoms with Crippen LogP contribution in [0.25, 0.3) is 10.4 Å². The molecule has 0 amide bonds. The van der Waals surface area contributed by atoms with Crippen LogP contribution in [0.3, 0.4) is 0 Å². The summed E-state index contributed by atoms with van der Waals surface area (Å²) >= 11 is 1.71. The van der Waals surface area contributed by atoms with E-state index in [0.29, 0.717) is 12.8 Å². The molecule has 1 fully saturated rings. The number of aliphatic hydroxyl groups excluding tert-OH is 2. The summed E-state index contributed by atoms with van der Waals surface area (Å²) in [5.41, 5.74) is 4.49. The van der Waals surface area contributed by atoms with Gasteiger partial charge in [0.05, 0.1) is 24.9 Å². The average molecular weight is 443 g/mol. The molecule has 0 spiro atoms. The van der Waals surface area contributed by atoms with Crippen molar-refractivity contribution in [1.82, 2.24) is 0 Å². The molecule has 1 saturated heterocycles. The molecule has 0 aliphatic carbocycles. The number of aliphatic hydroxyl groups is 2. The zero-order valence-electron chi connectivity index (χ0n) is 18.3. The van der Waals surface area contributed by atoms with E-state index in [4.69, 9.17) is 4.74 Å². The van der Waals surface area contributed by atoms with Gasteiger partial charge >= 0.3 is 0 Å². The number of hydrogen-bond donors (Lipinski definition) is 2. The normalized spacial score (nSPS) is 20.8. The molecule has 3 atom stereocenters. The van der Waals surface area contributed by atoms with Gasteiger partial charge in [0.25, 0.3) is 0 Å². The summed E-state index contributed by atoms with van der Waals surface area (Å²) in [6.45, 7) is 6.02. The van der Waals surface area contributed by atoms with Gasteiger partial charge in [-0.3, -0.25) is 0 Å². The molecule has 166 valence electrons. The van der Waals surface area contributed by atoms with E-state index in [1.165, 1.54) is 28.1 Å². The summed E-state index contributed by atoms with van der Waals surface area (Å²) in [5, 5.41) is 19.5. The zero-order valence-corrected chi connectivity index (χ0v) is 19.2. The Labute approximate surface area is 188 Å². The van der Waals surface area contributed by atoms with E-state index in [-0.39, 0.29) is 24.6 Å². The highest BCUT2D eigenvalue weighted by Gasteiger charge is 2.29. The number of aryl methyl sites for hydroxylation is 1. The molecule has 0 bridgehead atoms. The van der Waals surface area contributed by atoms with Crippen LogP contribution in [0.1, 0.15) is 54.4 Å². The molecule has 2 heterocycles. The second kappa shape index (κ2) is 11.0. The van der Waals surface area contributed by atoms with Gasteiger partial charge in [-0.25, -0.2) is 4.39 Å². The van der Waals surface area contributed by atoms with Gasteiger partial charge in [0.15, 0.2) is 0 Å². The Morgan fingerprint density at radius 2 is 1.77 bits per heavy atom. The lowest BCUT2D eigenvalue weighted by Crippen LogP contribution is -2.33. The molecule has 1 aliphatic heterocycles. The number of ether oxygens (including phenoxy) is 1. The van der Waals surface area contributed by atoms with Crippen molar-refractivity contribution in [2.75, 3.05) is 6.61 Å². The highest BCUT2D eigenvalue weighted by atomic mass is 32.1. The number of benzene rings is 2. The highest BCUT2D eigenvalue weighted by Crippen LogP contribution is 2.34. The minimum Gasteiger partial charge on any atom is -0.394 e. The molecule has 31 heavy (non-hydrogen) atoms. The van der Waals surface area contributed by atoms with Crippen LogP contribution in [-0.2, 0) is 11.2 Å². The van der Waals surface area contributed by atoms with Gasteiger partial charge in [0.1, 0.15) is 5.82 Å². The highest BCUT2D eigenvalue weighted by molar-refractivity contribution is 7.15. The molecule has 2 aromatic carbocycles. The third-order valence-electron chi connectivity index (χ3n) is 5.48. The Balaban J connectivity index is 0.00000132. The van der Waals surface area contributed by atoms with E-state index < -0.39 is 6.10 Å². The maximum Gasteiger partial charge on any atom is 0.123 e. The molecule has 3 nitrogen and oxygen atoms in total. The van der Waals surface area contributed by atoms with Crippen LogP contribution in [0.4, 0.5) is 4.39 Å². The molecule has 2 N–H and O–H groups in total. The van der Waals surface area contributed by atoms with Crippen LogP contribution in [-0.4, -0.2) is 29.0 Å². The smallest absolute Gasteiger partial charge is 0.123 e. The van der Waals surface area contributed by atoms with E-state index in [0.717, 1.165) is 22.4 Å². The number of rotatable bonds is 5. The van der Waals surface area contributed by atoms with Gasteiger partial charge < -0.3 is 14.9 Å². The fourth-order valence-electron chi connectivity index (χ4n) is 3.83. The molecule has 3 aromatic rings. The topological polar surface area (TPSA) is 49.7 Å². The Bertz CT molecular complexity index is 967. The lowest BCUT2D eigenvalue weighted by Gasteiger charge is -2.32. The maximum atomic E-state index is 13.2. The van der Waals surface area contributed by atoms with E-state index in [1.54, 1.807) is 23.5 Å². The Morgan fingerprint density at radius 3 is 2.48 bits per heavy atom. The molecular weight excluding hydrogens is 411 g/mol. The summed E-state index contributed by atoms with van der Waals surface area (Å²) in [6, 6.07) is 17.1. The van der Waals surface area contributed by atoms with Crippen molar-refractivity contribution in [2.45, 2.75) is 58.3 Å². The molecule has 5 heteroatoms. The van der Waals surface area contributed by atoms with E-state index in [1.807, 2.05) is 19.9 Å². The maximum absolute atomic E-state index is 13.2. The van der Waals surface area contributed by atoms with Crippen LogP contribution in [0.2, 0.25) is 0 Å². The van der Waals surface area contributed by atoms with E-state index >= 15 is 0 Å². The lowest BCUT2D eigenvalue weighted by molar-refractivity contribution is -0.113. The number of halogens is 1. The van der Waals surface area contributed by atoms with Crippen LogP contribution in [0.5, 0.6) is 0 Å². The van der Waals surface area contributed by atoms with Gasteiger partial charge in [-0.1, -0.05) is 44.2 Å². The van der Waals surface area contributed by atoms with E-state index in [9.17, 15) is 14.6 Å². The van der Waals surface area contributed by atoms with Crippen molar-refractivity contribution in [3.63, 3.8) is 0 Å². The van der Waals surface area contributed by atoms with Crippen molar-refractivity contribution in [2.24, 2.45) is 0 Å². The Kier molecular flexibility index (Phi) is 8.38. The SMILES string of the molecule is CC.Cc1ccc(C2CC(O)CC(CO)O2)cc1Cc1ccc(-c2ccc(F)cc2)s1. The summed E-state index contributed by atoms with van der Waals surface area (Å²) in [5.74, 6) is -0.226. The summed E-state index contributed by atoms with van der Waals surface area (Å²) in [7, 11) is 0. The quantitative estimate of drug-likeness (QED) is 0.505. The first-order chi connectivity index (χ1) is 15.0. The van der Waals surface area contributed by atoms with E-state index in [2.05, 4.69) is 31.2 Å². The van der Waals surface area contributed by atoms with Gasteiger partial charge in [0.2, 0.25) is 0 Å². The van der Waals surface area contributed by atoms with Crippen molar-refractivity contribution in [3.05, 3.63) is 82.0 Å². The lowest BCUT2D eigenvalue weighted by atomic mass is 9.93. The summed E-state index contributed by atoms with van der Waals surface area (Å²) in [4.78, 5) is 2.36. The van der Waals surface area contributed by atoms with Crippen molar-refractivity contribution in [1.29, 1.82) is 0 Å². The standard InChI is InChI=1S/C24H25FO3S.C2H6/c1-15-2-3-17(23-13-20(27)12-21(14-26)28-23)10-18(15)11-22-8-9-24(29-22)16-4-6-19(25)7-5-16;1-2/h2-10,20-21,23,26-27H,11-14H2,1H3;1-2H3. The number of thiophene rings is 1. The second-order valence-electron chi connectivity index (χ2n) is 7.69. The van der Waals surface area contributed by atoms with Gasteiger partial charge in [-0.15, -0.1) is 11.3 Å². The first-order valence-corrected chi connectivity index (χ1v) is 11.7. The number of hydrogen-bond acceptors (Lipinski definition) is 4. The van der Waals surface area contributed by atoms with Crippen LogP contribution >= 0.6 is 11.3 Å². The fourth-order valence-corrected chi connectivity index (χ4v) is 4.87. The van der Waals surface area contributed by atoms with Crippen LogP contribution in [0, 0.1) is 12.7 Å². The molecule has 4 rings (SSSR count). The average Bonchev–Trinajstić information content (AvgIpc) is 3.25. The predicted octanol–water partition coefficient (Wildman–Crippen LogP) is 6.05.